The molecule has 0 atom stereocenters. The highest BCUT2D eigenvalue weighted by Crippen LogP contribution is 2.48. The second-order valence-corrected chi connectivity index (χ2v) is 15.2. The van der Waals surface area contributed by atoms with E-state index in [1.54, 1.807) is 0 Å². The quantitative estimate of drug-likeness (QED) is 0.169. The summed E-state index contributed by atoms with van der Waals surface area (Å²) >= 11 is 0. The molecule has 59 heavy (non-hydrogen) atoms. The number of hydrogen-bond donors (Lipinski definition) is 0. The first-order valence-electron chi connectivity index (χ1n) is 20.1. The van der Waals surface area contributed by atoms with E-state index < -0.39 is 0 Å². The van der Waals surface area contributed by atoms with E-state index in [1.807, 2.05) is 12.1 Å². The van der Waals surface area contributed by atoms with Crippen molar-refractivity contribution < 1.29 is 8.83 Å². The molecular formula is C56H35NO2. The van der Waals surface area contributed by atoms with Crippen LogP contribution in [-0.4, -0.2) is 0 Å². The number of fused-ring (bicyclic) bond motifs is 9. The maximum Gasteiger partial charge on any atom is 0.159 e. The molecule has 2 heterocycles. The van der Waals surface area contributed by atoms with Gasteiger partial charge in [-0.1, -0.05) is 164 Å². The molecule has 0 saturated heterocycles. The lowest BCUT2D eigenvalue weighted by Gasteiger charge is -2.28. The maximum absolute atomic E-state index is 6.90. The topological polar surface area (TPSA) is 29.5 Å². The van der Waals surface area contributed by atoms with Crippen molar-refractivity contribution in [2.45, 2.75) is 0 Å². The van der Waals surface area contributed by atoms with Crippen molar-refractivity contribution in [3.05, 3.63) is 212 Å². The fourth-order valence-corrected chi connectivity index (χ4v) is 9.00. The van der Waals surface area contributed by atoms with Gasteiger partial charge in [0, 0.05) is 43.7 Å². The van der Waals surface area contributed by atoms with E-state index in [0.717, 1.165) is 94.0 Å². The van der Waals surface area contributed by atoms with E-state index in [4.69, 9.17) is 8.83 Å². The second-order valence-electron chi connectivity index (χ2n) is 15.2. The van der Waals surface area contributed by atoms with E-state index in [9.17, 15) is 0 Å². The van der Waals surface area contributed by atoms with E-state index in [2.05, 4.69) is 205 Å². The highest BCUT2D eigenvalue weighted by molar-refractivity contribution is 6.18. The molecule has 0 fully saturated rings. The zero-order valence-corrected chi connectivity index (χ0v) is 32.0. The van der Waals surface area contributed by atoms with Gasteiger partial charge in [0.05, 0.1) is 11.4 Å². The molecule has 3 nitrogen and oxygen atoms in total. The minimum absolute atomic E-state index is 0.837. The molecule has 0 amide bonds. The van der Waals surface area contributed by atoms with Crippen LogP contribution in [-0.2, 0) is 0 Å². The number of hydrogen-bond acceptors (Lipinski definition) is 3. The number of nitrogens with zero attached hydrogens (tertiary/aromatic N) is 1. The van der Waals surface area contributed by atoms with Crippen molar-refractivity contribution in [3.8, 4) is 33.4 Å². The molecule has 0 spiro atoms. The summed E-state index contributed by atoms with van der Waals surface area (Å²) in [5.41, 5.74) is 13.3. The molecule has 12 aromatic rings. The number of rotatable bonds is 6. The van der Waals surface area contributed by atoms with Crippen molar-refractivity contribution in [3.63, 3.8) is 0 Å². The molecule has 0 bridgehead atoms. The van der Waals surface area contributed by atoms with Crippen molar-refractivity contribution in [2.24, 2.45) is 0 Å². The Hall–Kier alpha value is -7.88. The summed E-state index contributed by atoms with van der Waals surface area (Å²) in [7, 11) is 0. The van der Waals surface area contributed by atoms with Gasteiger partial charge < -0.3 is 13.7 Å². The fraction of sp³-hybridized carbons (Fsp3) is 0. The Bertz CT molecular complexity index is 3570. The van der Waals surface area contributed by atoms with Crippen molar-refractivity contribution in [1.29, 1.82) is 0 Å². The summed E-state index contributed by atoms with van der Waals surface area (Å²) in [6, 6.07) is 75.6. The number of benzene rings is 10. The van der Waals surface area contributed by atoms with Crippen LogP contribution in [0.4, 0.5) is 17.1 Å². The fourth-order valence-electron chi connectivity index (χ4n) is 9.00. The van der Waals surface area contributed by atoms with E-state index >= 15 is 0 Å². The van der Waals surface area contributed by atoms with Gasteiger partial charge >= 0.3 is 0 Å². The van der Waals surface area contributed by atoms with E-state index in [-0.39, 0.29) is 0 Å². The van der Waals surface area contributed by atoms with Gasteiger partial charge in [-0.3, -0.25) is 0 Å². The SMILES string of the molecule is c1cc(-c2ccc(N(c3ccccc3-c3cccc4c3oc3c5ccccc5ccc43)c3cccc4c3oc3ccccc34)cc2)cc(-c2ccc3ccccc3c2)c1. The molecule has 10 aromatic carbocycles. The third-order valence-electron chi connectivity index (χ3n) is 11.9. The van der Waals surface area contributed by atoms with Crippen LogP contribution in [0.25, 0.3) is 98.8 Å². The first-order chi connectivity index (χ1) is 29.2. The lowest BCUT2D eigenvalue weighted by molar-refractivity contribution is 0.669. The Labute approximate surface area is 340 Å². The third kappa shape index (κ3) is 5.44. The largest absolute Gasteiger partial charge is 0.455 e. The number of para-hydroxylation sites is 4. The second kappa shape index (κ2) is 13.4. The number of anilines is 3. The molecule has 12 rings (SSSR count). The first kappa shape index (κ1) is 33.3. The monoisotopic (exact) mass is 753 g/mol. The smallest absolute Gasteiger partial charge is 0.159 e. The molecule has 0 aliphatic rings. The minimum Gasteiger partial charge on any atom is -0.455 e. The van der Waals surface area contributed by atoms with Gasteiger partial charge in [0.1, 0.15) is 16.7 Å². The normalized spacial score (nSPS) is 11.7. The summed E-state index contributed by atoms with van der Waals surface area (Å²) in [5, 5.41) is 9.14. The van der Waals surface area contributed by atoms with Crippen LogP contribution in [0.3, 0.4) is 0 Å². The van der Waals surface area contributed by atoms with Crippen LogP contribution < -0.4 is 4.90 Å². The van der Waals surface area contributed by atoms with E-state index in [0.29, 0.717) is 0 Å². The van der Waals surface area contributed by atoms with Gasteiger partial charge in [-0.25, -0.2) is 0 Å². The molecule has 0 aliphatic heterocycles. The average molecular weight is 754 g/mol. The van der Waals surface area contributed by atoms with Crippen LogP contribution in [0.2, 0.25) is 0 Å². The van der Waals surface area contributed by atoms with Crippen molar-refractivity contribution in [2.75, 3.05) is 4.90 Å². The van der Waals surface area contributed by atoms with Crippen LogP contribution in [0.5, 0.6) is 0 Å². The lowest BCUT2D eigenvalue weighted by Crippen LogP contribution is -2.11. The maximum atomic E-state index is 6.90. The highest BCUT2D eigenvalue weighted by atomic mass is 16.3. The van der Waals surface area contributed by atoms with Gasteiger partial charge in [0.25, 0.3) is 0 Å². The molecule has 2 aromatic heterocycles. The molecule has 276 valence electrons. The first-order valence-corrected chi connectivity index (χ1v) is 20.1. The number of furan rings is 2. The van der Waals surface area contributed by atoms with Crippen molar-refractivity contribution >= 4 is 82.5 Å². The standard InChI is InChI=1S/C56H35NO2/c1-2-14-39-35-42(27-26-36(39)12-1)41-16-9-15-40(34-41)37-28-31-43(32-29-37)57(52-24-11-22-48-46-19-6-8-25-53(46)58-56(48)52)51-23-7-5-18-45(51)47-20-10-21-49-50-33-30-38-13-3-4-17-44(38)54(50)59-55(47)49/h1-35H. The molecule has 0 unspecified atom stereocenters. The van der Waals surface area contributed by atoms with Crippen molar-refractivity contribution in [1.82, 2.24) is 0 Å². The zero-order valence-electron chi connectivity index (χ0n) is 32.0. The minimum atomic E-state index is 0.837. The Morgan fingerprint density at radius 2 is 0.864 bits per heavy atom. The predicted octanol–water partition coefficient (Wildman–Crippen LogP) is 16.3. The van der Waals surface area contributed by atoms with Gasteiger partial charge in [-0.05, 0) is 86.9 Å². The van der Waals surface area contributed by atoms with Gasteiger partial charge in [0.2, 0.25) is 0 Å². The molecule has 3 heteroatoms. The summed E-state index contributed by atoms with van der Waals surface area (Å²) in [4.78, 5) is 2.34. The van der Waals surface area contributed by atoms with Gasteiger partial charge in [-0.15, -0.1) is 0 Å². The van der Waals surface area contributed by atoms with Gasteiger partial charge in [-0.2, -0.15) is 0 Å². The Kier molecular flexibility index (Phi) is 7.54. The highest BCUT2D eigenvalue weighted by Gasteiger charge is 2.24. The zero-order chi connectivity index (χ0) is 38.9. The Morgan fingerprint density at radius 1 is 0.288 bits per heavy atom. The molecule has 0 aliphatic carbocycles. The Morgan fingerprint density at radius 3 is 1.75 bits per heavy atom. The van der Waals surface area contributed by atoms with Gasteiger partial charge in [0.15, 0.2) is 5.58 Å². The average Bonchev–Trinajstić information content (AvgIpc) is 3.89. The van der Waals surface area contributed by atoms with Crippen LogP contribution >= 0.6 is 0 Å². The van der Waals surface area contributed by atoms with E-state index in [1.165, 1.54) is 21.9 Å². The predicted molar refractivity (Wildman–Crippen MR) is 247 cm³/mol. The summed E-state index contributed by atoms with van der Waals surface area (Å²) < 4.78 is 13.6. The lowest BCUT2D eigenvalue weighted by atomic mass is 9.96. The summed E-state index contributed by atoms with van der Waals surface area (Å²) in [5.74, 6) is 0. The molecule has 0 N–H and O–H groups in total. The molecule has 0 radical (unpaired) electrons. The molecular weight excluding hydrogens is 719 g/mol. The van der Waals surface area contributed by atoms with Crippen LogP contribution in [0.1, 0.15) is 0 Å². The summed E-state index contributed by atoms with van der Waals surface area (Å²) in [6.45, 7) is 0. The molecule has 0 saturated carbocycles. The van der Waals surface area contributed by atoms with Crippen LogP contribution in [0, 0.1) is 0 Å². The summed E-state index contributed by atoms with van der Waals surface area (Å²) in [6.07, 6.45) is 0. The van der Waals surface area contributed by atoms with Crippen LogP contribution in [0.15, 0.2) is 221 Å². The Balaban J connectivity index is 1.03. The third-order valence-corrected chi connectivity index (χ3v) is 11.9.